The van der Waals surface area contributed by atoms with Gasteiger partial charge in [-0.15, -0.1) is 6.58 Å². The third-order valence-electron chi connectivity index (χ3n) is 2.70. The van der Waals surface area contributed by atoms with E-state index >= 15 is 0 Å². The van der Waals surface area contributed by atoms with Crippen molar-refractivity contribution < 1.29 is 14.6 Å². The Morgan fingerprint density at radius 2 is 2.15 bits per heavy atom. The molecule has 0 aliphatic rings. The molecule has 0 atom stereocenters. The Labute approximate surface area is 124 Å². The summed E-state index contributed by atoms with van der Waals surface area (Å²) in [5.41, 5.74) is 0.672. The zero-order valence-electron chi connectivity index (χ0n) is 11.3. The Morgan fingerprint density at radius 3 is 2.85 bits per heavy atom. The first kappa shape index (κ1) is 16.3. The first-order chi connectivity index (χ1) is 9.65. The highest BCUT2D eigenvalue weighted by atomic mass is 35.5. The molecular formula is C16H19ClO3. The van der Waals surface area contributed by atoms with Crippen LogP contribution in [0.1, 0.15) is 31.2 Å². The predicted octanol–water partition coefficient (Wildman–Crippen LogP) is 4.56. The van der Waals surface area contributed by atoms with Crippen LogP contribution in [0.15, 0.2) is 36.9 Å². The second kappa shape index (κ2) is 9.21. The van der Waals surface area contributed by atoms with Crippen molar-refractivity contribution in [3.05, 3.63) is 47.5 Å². The first-order valence-electron chi connectivity index (χ1n) is 6.58. The van der Waals surface area contributed by atoms with Crippen molar-refractivity contribution in [2.24, 2.45) is 0 Å². The lowest BCUT2D eigenvalue weighted by Gasteiger charge is -2.10. The molecule has 1 aromatic carbocycles. The Bertz CT molecular complexity index is 481. The fraction of sp³-hybridized carbons (Fsp3) is 0.312. The van der Waals surface area contributed by atoms with Crippen LogP contribution in [0.4, 0.5) is 0 Å². The minimum absolute atomic E-state index is 0.489. The SMILES string of the molecule is C=CCCCCCOc1c(Cl)cccc1/C=C/C(=O)O. The summed E-state index contributed by atoms with van der Waals surface area (Å²) in [6.07, 6.45) is 8.57. The Balaban J connectivity index is 2.59. The van der Waals surface area contributed by atoms with Crippen LogP contribution >= 0.6 is 11.6 Å². The van der Waals surface area contributed by atoms with Gasteiger partial charge < -0.3 is 9.84 Å². The summed E-state index contributed by atoms with van der Waals surface area (Å²) >= 11 is 6.09. The van der Waals surface area contributed by atoms with Crippen molar-refractivity contribution >= 4 is 23.6 Å². The standard InChI is InChI=1S/C16H19ClO3/c1-2-3-4-5-6-12-20-16-13(10-11-15(18)19)8-7-9-14(16)17/h2,7-11H,1,3-6,12H2,(H,18,19)/b11-10+. The molecule has 0 aliphatic heterocycles. The van der Waals surface area contributed by atoms with Gasteiger partial charge in [0.1, 0.15) is 5.75 Å². The molecule has 0 amide bonds. The van der Waals surface area contributed by atoms with E-state index in [1.165, 1.54) is 6.08 Å². The summed E-state index contributed by atoms with van der Waals surface area (Å²) in [6.45, 7) is 4.24. The van der Waals surface area contributed by atoms with Gasteiger partial charge in [-0.25, -0.2) is 4.79 Å². The molecule has 1 rings (SSSR count). The number of carboxylic acid groups (broad SMARTS) is 1. The van der Waals surface area contributed by atoms with Crippen LogP contribution in [0.5, 0.6) is 5.75 Å². The number of benzene rings is 1. The zero-order chi connectivity index (χ0) is 14.8. The van der Waals surface area contributed by atoms with Gasteiger partial charge in [0.05, 0.1) is 11.6 Å². The van der Waals surface area contributed by atoms with E-state index in [9.17, 15) is 4.79 Å². The average molecular weight is 295 g/mol. The van der Waals surface area contributed by atoms with Gasteiger partial charge >= 0.3 is 5.97 Å². The van der Waals surface area contributed by atoms with Crippen molar-refractivity contribution in [2.75, 3.05) is 6.61 Å². The van der Waals surface area contributed by atoms with Crippen LogP contribution in [0.2, 0.25) is 5.02 Å². The molecule has 0 spiro atoms. The maximum Gasteiger partial charge on any atom is 0.328 e. The van der Waals surface area contributed by atoms with Crippen molar-refractivity contribution in [2.45, 2.75) is 25.7 Å². The summed E-state index contributed by atoms with van der Waals surface area (Å²) < 4.78 is 5.68. The summed E-state index contributed by atoms with van der Waals surface area (Å²) in [4.78, 5) is 10.6. The smallest absolute Gasteiger partial charge is 0.328 e. The fourth-order valence-corrected chi connectivity index (χ4v) is 1.95. The molecule has 108 valence electrons. The third-order valence-corrected chi connectivity index (χ3v) is 3.00. The lowest BCUT2D eigenvalue weighted by molar-refractivity contribution is -0.131. The van der Waals surface area contributed by atoms with E-state index in [-0.39, 0.29) is 0 Å². The number of carboxylic acids is 1. The maximum absolute atomic E-state index is 10.6. The van der Waals surface area contributed by atoms with Gasteiger partial charge in [0.25, 0.3) is 0 Å². The topological polar surface area (TPSA) is 46.5 Å². The van der Waals surface area contributed by atoms with Crippen LogP contribution in [0.25, 0.3) is 6.08 Å². The second-order valence-corrected chi connectivity index (χ2v) is 4.72. The van der Waals surface area contributed by atoms with E-state index in [1.54, 1.807) is 18.2 Å². The van der Waals surface area contributed by atoms with Gasteiger partial charge in [-0.2, -0.15) is 0 Å². The number of unbranched alkanes of at least 4 members (excludes halogenated alkanes) is 3. The highest BCUT2D eigenvalue weighted by Crippen LogP contribution is 2.29. The number of rotatable bonds is 9. The molecule has 0 saturated heterocycles. The van der Waals surface area contributed by atoms with Crippen molar-refractivity contribution in [3.8, 4) is 5.75 Å². The minimum Gasteiger partial charge on any atom is -0.491 e. The van der Waals surface area contributed by atoms with E-state index in [0.717, 1.165) is 31.8 Å². The number of halogens is 1. The molecule has 0 unspecified atom stereocenters. The predicted molar refractivity (Wildman–Crippen MR) is 82.3 cm³/mol. The van der Waals surface area contributed by atoms with Crippen LogP contribution in [0, 0.1) is 0 Å². The van der Waals surface area contributed by atoms with Crippen LogP contribution in [0.3, 0.4) is 0 Å². The Hall–Kier alpha value is -1.74. The van der Waals surface area contributed by atoms with Gasteiger partial charge in [-0.1, -0.05) is 29.8 Å². The zero-order valence-corrected chi connectivity index (χ0v) is 12.1. The largest absolute Gasteiger partial charge is 0.491 e. The maximum atomic E-state index is 10.6. The van der Waals surface area contributed by atoms with Crippen molar-refractivity contribution in [1.82, 2.24) is 0 Å². The highest BCUT2D eigenvalue weighted by molar-refractivity contribution is 6.32. The van der Waals surface area contributed by atoms with Gasteiger partial charge in [0.2, 0.25) is 0 Å². The van der Waals surface area contributed by atoms with Gasteiger partial charge in [-0.05, 0) is 37.8 Å². The number of carbonyl (C=O) groups is 1. The van der Waals surface area contributed by atoms with Crippen molar-refractivity contribution in [3.63, 3.8) is 0 Å². The third kappa shape index (κ3) is 5.93. The van der Waals surface area contributed by atoms with Crippen LogP contribution in [-0.2, 0) is 4.79 Å². The molecule has 3 nitrogen and oxygen atoms in total. The number of hydrogen-bond donors (Lipinski definition) is 1. The molecule has 20 heavy (non-hydrogen) atoms. The number of hydrogen-bond acceptors (Lipinski definition) is 2. The van der Waals surface area contributed by atoms with Gasteiger partial charge in [-0.3, -0.25) is 0 Å². The molecule has 0 aromatic heterocycles. The molecule has 0 saturated carbocycles. The molecule has 1 N–H and O–H groups in total. The first-order valence-corrected chi connectivity index (χ1v) is 6.96. The molecule has 0 heterocycles. The van der Waals surface area contributed by atoms with Gasteiger partial charge in [0.15, 0.2) is 0 Å². The summed E-state index contributed by atoms with van der Waals surface area (Å²) in [5, 5.41) is 9.15. The fourth-order valence-electron chi connectivity index (χ4n) is 1.71. The Kier molecular flexibility index (Phi) is 7.51. The molecule has 0 bridgehead atoms. The highest BCUT2D eigenvalue weighted by Gasteiger charge is 2.06. The summed E-state index contributed by atoms with van der Waals surface area (Å²) in [7, 11) is 0. The Morgan fingerprint density at radius 1 is 1.35 bits per heavy atom. The van der Waals surface area contributed by atoms with E-state index in [2.05, 4.69) is 6.58 Å². The van der Waals surface area contributed by atoms with E-state index in [1.807, 2.05) is 6.08 Å². The molecular weight excluding hydrogens is 276 g/mol. The summed E-state index contributed by atoms with van der Waals surface area (Å²) in [5.74, 6) is -0.462. The van der Waals surface area contributed by atoms with E-state index < -0.39 is 5.97 Å². The molecule has 0 fully saturated rings. The number of ether oxygens (including phenoxy) is 1. The van der Waals surface area contributed by atoms with Gasteiger partial charge in [0, 0.05) is 11.6 Å². The van der Waals surface area contributed by atoms with Crippen molar-refractivity contribution in [1.29, 1.82) is 0 Å². The molecule has 0 radical (unpaired) electrons. The van der Waals surface area contributed by atoms with Crippen LogP contribution < -0.4 is 4.74 Å². The second-order valence-electron chi connectivity index (χ2n) is 4.32. The monoisotopic (exact) mass is 294 g/mol. The number of para-hydroxylation sites is 1. The van der Waals surface area contributed by atoms with E-state index in [4.69, 9.17) is 21.4 Å². The molecule has 0 aliphatic carbocycles. The lowest BCUT2D eigenvalue weighted by Crippen LogP contribution is -1.99. The molecule has 4 heteroatoms. The quantitative estimate of drug-likeness (QED) is 0.412. The van der Waals surface area contributed by atoms with E-state index in [0.29, 0.717) is 22.9 Å². The number of aliphatic carboxylic acids is 1. The lowest BCUT2D eigenvalue weighted by atomic mass is 10.2. The summed E-state index contributed by atoms with van der Waals surface area (Å²) in [6, 6.07) is 5.27. The normalized spacial score (nSPS) is 10.7. The molecule has 1 aromatic rings. The van der Waals surface area contributed by atoms with Crippen LogP contribution in [-0.4, -0.2) is 17.7 Å². The number of allylic oxidation sites excluding steroid dienone is 1. The minimum atomic E-state index is -1.000. The average Bonchev–Trinajstić information content (AvgIpc) is 2.42.